The van der Waals surface area contributed by atoms with Crippen molar-refractivity contribution in [3.05, 3.63) is 71.6 Å². The fourth-order valence-corrected chi connectivity index (χ4v) is 4.08. The van der Waals surface area contributed by atoms with Crippen molar-refractivity contribution in [2.75, 3.05) is 13.7 Å². The van der Waals surface area contributed by atoms with Gasteiger partial charge in [0.05, 0.1) is 36.3 Å². The molecule has 0 N–H and O–H groups in total. The molecule has 1 aliphatic heterocycles. The van der Waals surface area contributed by atoms with Gasteiger partial charge in [0.25, 0.3) is 5.91 Å². The quantitative estimate of drug-likeness (QED) is 0.458. The second kappa shape index (κ2) is 8.45. The molecule has 1 atom stereocenters. The van der Waals surface area contributed by atoms with Gasteiger partial charge in [-0.1, -0.05) is 22.9 Å². The van der Waals surface area contributed by atoms with Crippen LogP contribution in [-0.2, 0) is 0 Å². The van der Waals surface area contributed by atoms with E-state index in [1.165, 1.54) is 18.0 Å². The monoisotopic (exact) mass is 448 g/mol. The van der Waals surface area contributed by atoms with Gasteiger partial charge < -0.3 is 14.2 Å². The third-order valence-electron chi connectivity index (χ3n) is 5.68. The van der Waals surface area contributed by atoms with Gasteiger partial charge in [-0.2, -0.15) is 20.0 Å². The second-order valence-corrected chi connectivity index (χ2v) is 7.77. The Bertz CT molecular complexity index is 1300. The third kappa shape index (κ3) is 3.73. The van der Waals surface area contributed by atoms with Crippen LogP contribution in [0.15, 0.2) is 53.3 Å². The number of aryl methyl sites for hydroxylation is 1. The van der Waals surface area contributed by atoms with E-state index in [4.69, 9.17) is 9.26 Å². The summed E-state index contributed by atoms with van der Waals surface area (Å²) in [5.41, 5.74) is 2.19. The van der Waals surface area contributed by atoms with Crippen LogP contribution in [-0.4, -0.2) is 49.6 Å². The summed E-state index contributed by atoms with van der Waals surface area (Å²) < 4.78 is 25.2. The number of hydrogen-bond acceptors (Lipinski definition) is 7. The van der Waals surface area contributed by atoms with Crippen LogP contribution in [0.4, 0.5) is 4.39 Å². The molecule has 0 spiro atoms. The van der Waals surface area contributed by atoms with Crippen LogP contribution in [0.2, 0.25) is 0 Å². The van der Waals surface area contributed by atoms with Crippen LogP contribution < -0.4 is 4.74 Å². The predicted octanol–water partition coefficient (Wildman–Crippen LogP) is 3.75. The molecule has 1 aliphatic rings. The predicted molar refractivity (Wildman–Crippen MR) is 115 cm³/mol. The van der Waals surface area contributed by atoms with Crippen molar-refractivity contribution in [1.82, 2.24) is 30.0 Å². The molecule has 9 nitrogen and oxygen atoms in total. The summed E-state index contributed by atoms with van der Waals surface area (Å²) in [6, 6.07) is 9.87. The van der Waals surface area contributed by atoms with Crippen LogP contribution >= 0.6 is 0 Å². The van der Waals surface area contributed by atoms with Crippen LogP contribution in [0.1, 0.15) is 40.7 Å². The van der Waals surface area contributed by atoms with Crippen LogP contribution in [0.25, 0.3) is 17.1 Å². The number of carbonyl (C=O) groups is 1. The lowest BCUT2D eigenvalue weighted by atomic mass is 10.1. The molecular weight excluding hydrogens is 427 g/mol. The van der Waals surface area contributed by atoms with Gasteiger partial charge in [-0.15, -0.1) is 0 Å². The Labute approximate surface area is 188 Å². The van der Waals surface area contributed by atoms with Crippen LogP contribution in [0.5, 0.6) is 5.75 Å². The number of aromatic nitrogens is 5. The maximum absolute atomic E-state index is 14.7. The highest BCUT2D eigenvalue weighted by molar-refractivity contribution is 5.98. The molecule has 0 aliphatic carbocycles. The molecule has 0 radical (unpaired) electrons. The fourth-order valence-electron chi connectivity index (χ4n) is 4.08. The molecule has 5 rings (SSSR count). The minimum absolute atomic E-state index is 0.0933. The zero-order chi connectivity index (χ0) is 22.9. The van der Waals surface area contributed by atoms with Gasteiger partial charge in [0.15, 0.2) is 11.6 Å². The first-order chi connectivity index (χ1) is 16.1. The summed E-state index contributed by atoms with van der Waals surface area (Å²) in [6.07, 6.45) is 4.56. The van der Waals surface area contributed by atoms with Gasteiger partial charge in [-0.25, -0.2) is 4.39 Å². The van der Waals surface area contributed by atoms with Crippen molar-refractivity contribution in [2.45, 2.75) is 25.8 Å². The molecule has 168 valence electrons. The largest absolute Gasteiger partial charge is 0.494 e. The Morgan fingerprint density at radius 2 is 2.03 bits per heavy atom. The normalized spacial score (nSPS) is 15.7. The third-order valence-corrected chi connectivity index (χ3v) is 5.68. The van der Waals surface area contributed by atoms with Crippen molar-refractivity contribution in [2.24, 2.45) is 0 Å². The average molecular weight is 448 g/mol. The Hall–Kier alpha value is -4.08. The number of carbonyl (C=O) groups excluding carboxylic acids is 1. The van der Waals surface area contributed by atoms with Crippen molar-refractivity contribution >= 4 is 5.91 Å². The van der Waals surface area contributed by atoms with Crippen molar-refractivity contribution in [3.8, 4) is 22.8 Å². The number of hydrogen-bond donors (Lipinski definition) is 0. The molecule has 1 unspecified atom stereocenters. The summed E-state index contributed by atoms with van der Waals surface area (Å²) in [5.74, 6) is -0.276. The van der Waals surface area contributed by atoms with E-state index in [1.807, 2.05) is 25.1 Å². The average Bonchev–Trinajstić information content (AvgIpc) is 3.60. The highest BCUT2D eigenvalue weighted by Gasteiger charge is 2.36. The number of benzene rings is 2. The van der Waals surface area contributed by atoms with E-state index in [2.05, 4.69) is 20.3 Å². The number of rotatable bonds is 5. The summed E-state index contributed by atoms with van der Waals surface area (Å²) in [4.78, 5) is 21.2. The smallest absolute Gasteiger partial charge is 0.256 e. The highest BCUT2D eigenvalue weighted by Crippen LogP contribution is 2.35. The molecule has 2 aromatic carbocycles. The maximum Gasteiger partial charge on any atom is 0.256 e. The Morgan fingerprint density at radius 3 is 2.82 bits per heavy atom. The lowest BCUT2D eigenvalue weighted by molar-refractivity contribution is 0.0709. The van der Waals surface area contributed by atoms with Crippen molar-refractivity contribution in [3.63, 3.8) is 0 Å². The van der Waals surface area contributed by atoms with Crippen LogP contribution in [0.3, 0.4) is 0 Å². The molecule has 1 amide bonds. The SMILES string of the molecule is COc1cccc(-c2noc(C3CCCN3C(=O)c3cc(C)ccc3-n3nccn3)n2)c1F. The molecule has 1 fully saturated rings. The van der Waals surface area contributed by atoms with Crippen molar-refractivity contribution in [1.29, 1.82) is 0 Å². The zero-order valence-corrected chi connectivity index (χ0v) is 18.1. The lowest BCUT2D eigenvalue weighted by Gasteiger charge is -2.23. The van der Waals surface area contributed by atoms with E-state index >= 15 is 0 Å². The molecule has 0 saturated carbocycles. The molecule has 1 saturated heterocycles. The second-order valence-electron chi connectivity index (χ2n) is 7.77. The number of methoxy groups -OCH3 is 1. The Morgan fingerprint density at radius 1 is 1.21 bits per heavy atom. The molecule has 10 heteroatoms. The lowest BCUT2D eigenvalue weighted by Crippen LogP contribution is -2.31. The fraction of sp³-hybridized carbons (Fsp3) is 0.261. The zero-order valence-electron chi connectivity index (χ0n) is 18.1. The van der Waals surface area contributed by atoms with Gasteiger partial charge >= 0.3 is 0 Å². The molecule has 2 aromatic heterocycles. The molecular formula is C23H21FN6O3. The van der Waals surface area contributed by atoms with E-state index in [1.54, 1.807) is 29.4 Å². The summed E-state index contributed by atoms with van der Waals surface area (Å²) in [5, 5.41) is 12.3. The van der Waals surface area contributed by atoms with E-state index in [9.17, 15) is 9.18 Å². The number of amides is 1. The molecule has 3 heterocycles. The first kappa shape index (κ1) is 20.8. The van der Waals surface area contributed by atoms with E-state index in [0.717, 1.165) is 12.0 Å². The number of ether oxygens (including phenoxy) is 1. The first-order valence-corrected chi connectivity index (χ1v) is 10.5. The summed E-state index contributed by atoms with van der Waals surface area (Å²) in [6.45, 7) is 2.46. The van der Waals surface area contributed by atoms with Crippen molar-refractivity contribution < 1.29 is 18.4 Å². The minimum Gasteiger partial charge on any atom is -0.494 e. The number of nitrogens with zero attached hydrogens (tertiary/aromatic N) is 6. The van der Waals surface area contributed by atoms with E-state index in [0.29, 0.717) is 24.2 Å². The molecule has 0 bridgehead atoms. The topological polar surface area (TPSA) is 99.2 Å². The number of halogens is 1. The maximum atomic E-state index is 14.7. The first-order valence-electron chi connectivity index (χ1n) is 10.5. The molecule has 4 aromatic rings. The Kier molecular flexibility index (Phi) is 5.33. The van der Waals surface area contributed by atoms with E-state index in [-0.39, 0.29) is 28.9 Å². The summed E-state index contributed by atoms with van der Waals surface area (Å²) in [7, 11) is 1.39. The minimum atomic E-state index is -0.567. The standard InChI is InChI=1S/C23H21FN6O3/c1-14-8-9-17(30-25-10-11-26-30)16(13-14)23(31)29-12-4-6-18(29)22-27-21(28-33-22)15-5-3-7-19(32-2)20(15)24/h3,5,7-11,13,18H,4,6,12H2,1-2H3. The van der Waals surface area contributed by atoms with Crippen LogP contribution in [0, 0.1) is 12.7 Å². The van der Waals surface area contributed by atoms with Gasteiger partial charge in [0.1, 0.15) is 6.04 Å². The highest BCUT2D eigenvalue weighted by atomic mass is 19.1. The summed E-state index contributed by atoms with van der Waals surface area (Å²) >= 11 is 0. The van der Waals surface area contributed by atoms with E-state index < -0.39 is 11.9 Å². The van der Waals surface area contributed by atoms with Gasteiger partial charge in [-0.05, 0) is 44.0 Å². The van der Waals surface area contributed by atoms with Gasteiger partial charge in [-0.3, -0.25) is 4.79 Å². The number of likely N-dealkylation sites (tertiary alicyclic amines) is 1. The van der Waals surface area contributed by atoms with Gasteiger partial charge in [0.2, 0.25) is 11.7 Å². The Balaban J connectivity index is 1.47. The van der Waals surface area contributed by atoms with Gasteiger partial charge in [0, 0.05) is 6.54 Å². The molecule has 33 heavy (non-hydrogen) atoms.